The van der Waals surface area contributed by atoms with Gasteiger partial charge in [0.2, 0.25) is 0 Å². The van der Waals surface area contributed by atoms with E-state index in [0.29, 0.717) is 5.41 Å². The zero-order chi connectivity index (χ0) is 14.3. The summed E-state index contributed by atoms with van der Waals surface area (Å²) in [6.45, 7) is 15.4. The summed E-state index contributed by atoms with van der Waals surface area (Å²) in [5.74, 6) is 0. The highest BCUT2D eigenvalue weighted by atomic mass is 14.4. The van der Waals surface area contributed by atoms with E-state index in [0.717, 1.165) is 0 Å². The molecule has 0 aromatic heterocycles. The van der Waals surface area contributed by atoms with Crippen LogP contribution in [0, 0.1) is 0 Å². The Bertz CT molecular complexity index is 527. The van der Waals surface area contributed by atoms with E-state index >= 15 is 0 Å². The Labute approximate surface area is 118 Å². The Morgan fingerprint density at radius 1 is 1.05 bits per heavy atom. The van der Waals surface area contributed by atoms with Gasteiger partial charge in [-0.05, 0) is 52.9 Å². The van der Waals surface area contributed by atoms with Gasteiger partial charge in [-0.3, -0.25) is 0 Å². The smallest absolute Gasteiger partial charge is 0.0100 e. The predicted molar refractivity (Wildman–Crippen MR) is 85.6 cm³/mol. The van der Waals surface area contributed by atoms with E-state index in [1.54, 1.807) is 0 Å². The Balaban J connectivity index is 2.60. The first-order valence-electron chi connectivity index (χ1n) is 7.23. The van der Waals surface area contributed by atoms with Crippen LogP contribution in [-0.4, -0.2) is 0 Å². The molecule has 0 saturated heterocycles. The lowest BCUT2D eigenvalue weighted by molar-refractivity contribution is 0.332. The molecule has 1 aromatic carbocycles. The quantitative estimate of drug-likeness (QED) is 0.600. The Morgan fingerprint density at radius 2 is 1.63 bits per heavy atom. The first-order valence-corrected chi connectivity index (χ1v) is 7.23. The molecule has 19 heavy (non-hydrogen) atoms. The van der Waals surface area contributed by atoms with Crippen molar-refractivity contribution < 1.29 is 0 Å². The van der Waals surface area contributed by atoms with Crippen molar-refractivity contribution in [1.29, 1.82) is 0 Å². The summed E-state index contributed by atoms with van der Waals surface area (Å²) in [7, 11) is 0. The summed E-state index contributed by atoms with van der Waals surface area (Å²) < 4.78 is 0. The summed E-state index contributed by atoms with van der Waals surface area (Å²) in [5.41, 5.74) is 6.26. The highest BCUT2D eigenvalue weighted by Gasteiger charge is 2.36. The Hall–Kier alpha value is -1.30. The van der Waals surface area contributed by atoms with Crippen LogP contribution in [0.15, 0.2) is 36.9 Å². The van der Waals surface area contributed by atoms with Crippen molar-refractivity contribution in [3.8, 4) is 0 Å². The van der Waals surface area contributed by atoms with Crippen LogP contribution in [-0.2, 0) is 10.8 Å². The van der Waals surface area contributed by atoms with Crippen LogP contribution < -0.4 is 0 Å². The molecule has 0 heteroatoms. The molecule has 0 N–H and O–H groups in total. The molecule has 0 amide bonds. The van der Waals surface area contributed by atoms with Gasteiger partial charge < -0.3 is 0 Å². The van der Waals surface area contributed by atoms with Gasteiger partial charge in [-0.25, -0.2) is 0 Å². The largest absolute Gasteiger partial charge is 0.0991 e. The minimum absolute atomic E-state index is 0.287. The fraction of sp³-hybridized carbons (Fsp3) is 0.474. The van der Waals surface area contributed by atoms with Crippen molar-refractivity contribution in [3.63, 3.8) is 0 Å². The van der Waals surface area contributed by atoms with Crippen LogP contribution in [0.2, 0.25) is 0 Å². The van der Waals surface area contributed by atoms with Crippen molar-refractivity contribution in [2.24, 2.45) is 0 Å². The van der Waals surface area contributed by atoms with Gasteiger partial charge in [0.15, 0.2) is 0 Å². The van der Waals surface area contributed by atoms with Crippen LogP contribution in [0.25, 0.3) is 5.57 Å². The second-order valence-corrected chi connectivity index (χ2v) is 7.11. The zero-order valence-corrected chi connectivity index (χ0v) is 13.0. The zero-order valence-electron chi connectivity index (χ0n) is 13.0. The monoisotopic (exact) mass is 254 g/mol. The molecule has 0 spiro atoms. The maximum absolute atomic E-state index is 3.79. The normalized spacial score (nSPS) is 20.8. The number of hydrogen-bond donors (Lipinski definition) is 0. The summed E-state index contributed by atoms with van der Waals surface area (Å²) in [6, 6.07) is 6.99. The standard InChI is InChI=1S/C19H26/c1-7-8-14(2)15-9-10-16-17(13-15)19(5,6)12-11-18(16,3)4/h7-10,13H,1,11-12H2,2-6H3. The molecule has 0 heterocycles. The van der Waals surface area contributed by atoms with E-state index in [4.69, 9.17) is 0 Å². The molecule has 0 fully saturated rings. The molecule has 0 nitrogen and oxygen atoms in total. The predicted octanol–water partition coefficient (Wildman–Crippen LogP) is 5.62. The average molecular weight is 254 g/mol. The first-order chi connectivity index (χ1) is 8.78. The number of rotatable bonds is 2. The molecule has 1 aliphatic carbocycles. The molecule has 0 bridgehead atoms. The number of hydrogen-bond acceptors (Lipinski definition) is 0. The highest BCUT2D eigenvalue weighted by molar-refractivity contribution is 5.67. The minimum Gasteiger partial charge on any atom is -0.0991 e. The molecule has 1 aliphatic rings. The third-order valence-corrected chi connectivity index (χ3v) is 4.68. The minimum atomic E-state index is 0.287. The molecule has 102 valence electrons. The molecule has 0 radical (unpaired) electrons. The Kier molecular flexibility index (Phi) is 3.47. The van der Waals surface area contributed by atoms with E-state index in [9.17, 15) is 0 Å². The van der Waals surface area contributed by atoms with Gasteiger partial charge in [0.25, 0.3) is 0 Å². The van der Waals surface area contributed by atoms with E-state index < -0.39 is 0 Å². The third-order valence-electron chi connectivity index (χ3n) is 4.68. The van der Waals surface area contributed by atoms with Crippen LogP contribution in [0.3, 0.4) is 0 Å². The van der Waals surface area contributed by atoms with Gasteiger partial charge in [-0.1, -0.05) is 64.6 Å². The average Bonchev–Trinajstić information content (AvgIpc) is 2.35. The van der Waals surface area contributed by atoms with E-state index in [-0.39, 0.29) is 5.41 Å². The van der Waals surface area contributed by atoms with Crippen molar-refractivity contribution in [1.82, 2.24) is 0 Å². The fourth-order valence-electron chi connectivity index (χ4n) is 3.11. The maximum atomic E-state index is 3.79. The van der Waals surface area contributed by atoms with E-state index in [2.05, 4.69) is 65.5 Å². The summed E-state index contributed by atoms with van der Waals surface area (Å²) >= 11 is 0. The fourth-order valence-corrected chi connectivity index (χ4v) is 3.11. The van der Waals surface area contributed by atoms with Crippen LogP contribution >= 0.6 is 0 Å². The number of fused-ring (bicyclic) bond motifs is 1. The summed E-state index contributed by atoms with van der Waals surface area (Å²) in [4.78, 5) is 0. The highest BCUT2D eigenvalue weighted by Crippen LogP contribution is 2.46. The van der Waals surface area contributed by atoms with Gasteiger partial charge >= 0.3 is 0 Å². The lowest BCUT2D eigenvalue weighted by Gasteiger charge is -2.42. The van der Waals surface area contributed by atoms with Gasteiger partial charge in [-0.2, -0.15) is 0 Å². The lowest BCUT2D eigenvalue weighted by Crippen LogP contribution is -2.33. The topological polar surface area (TPSA) is 0 Å². The van der Waals surface area contributed by atoms with Gasteiger partial charge in [0, 0.05) is 0 Å². The summed E-state index contributed by atoms with van der Waals surface area (Å²) in [6.07, 6.45) is 6.49. The van der Waals surface area contributed by atoms with Crippen LogP contribution in [0.4, 0.5) is 0 Å². The molecule has 0 unspecified atom stereocenters. The van der Waals surface area contributed by atoms with Gasteiger partial charge in [-0.15, -0.1) is 0 Å². The molecular weight excluding hydrogens is 228 g/mol. The molecule has 1 aromatic rings. The molecule has 0 saturated carbocycles. The SMILES string of the molecule is C=CC=C(C)c1ccc2c(c1)C(C)(C)CCC2(C)C. The van der Waals surface area contributed by atoms with Gasteiger partial charge in [0.1, 0.15) is 0 Å². The molecular formula is C19H26. The van der Waals surface area contributed by atoms with Crippen LogP contribution in [0.1, 0.15) is 64.2 Å². The van der Waals surface area contributed by atoms with Crippen LogP contribution in [0.5, 0.6) is 0 Å². The van der Waals surface area contributed by atoms with Crippen molar-refractivity contribution in [2.45, 2.75) is 58.3 Å². The Morgan fingerprint density at radius 3 is 2.21 bits per heavy atom. The molecule has 0 aliphatic heterocycles. The van der Waals surface area contributed by atoms with Crippen molar-refractivity contribution in [2.75, 3.05) is 0 Å². The molecule has 0 atom stereocenters. The van der Waals surface area contributed by atoms with Gasteiger partial charge in [0.05, 0.1) is 0 Å². The lowest BCUT2D eigenvalue weighted by atomic mass is 9.63. The summed E-state index contributed by atoms with van der Waals surface area (Å²) in [5, 5.41) is 0. The van der Waals surface area contributed by atoms with E-state index in [1.165, 1.54) is 35.1 Å². The maximum Gasteiger partial charge on any atom is -0.0100 e. The van der Waals surface area contributed by atoms with E-state index in [1.807, 2.05) is 6.08 Å². The van der Waals surface area contributed by atoms with Crippen molar-refractivity contribution in [3.05, 3.63) is 53.6 Å². The first kappa shape index (κ1) is 14.1. The number of benzene rings is 1. The number of allylic oxidation sites excluding steroid dienone is 3. The third kappa shape index (κ3) is 2.54. The van der Waals surface area contributed by atoms with Crippen molar-refractivity contribution >= 4 is 5.57 Å². The second-order valence-electron chi connectivity index (χ2n) is 7.11. The molecule has 2 rings (SSSR count). The second kappa shape index (κ2) is 4.67.